The molecule has 0 aliphatic carbocycles. The first-order valence-electron chi connectivity index (χ1n) is 4.20. The molecule has 0 aliphatic rings. The molecule has 0 aromatic heterocycles. The fourth-order valence-electron chi connectivity index (χ4n) is 0.866. The van der Waals surface area contributed by atoms with Crippen LogP contribution in [0.25, 0.3) is 0 Å². The van der Waals surface area contributed by atoms with E-state index in [1.165, 1.54) is 13.0 Å². The molecule has 0 aliphatic heterocycles. The molecule has 0 heterocycles. The number of carbonyl (C=O) groups excluding carboxylic acids is 1. The van der Waals surface area contributed by atoms with Crippen LogP contribution in [0.15, 0.2) is 18.2 Å². The van der Waals surface area contributed by atoms with Crippen LogP contribution in [0.5, 0.6) is 5.75 Å². The van der Waals surface area contributed by atoms with E-state index in [9.17, 15) is 9.90 Å². The van der Waals surface area contributed by atoms with Gasteiger partial charge in [-0.05, 0) is 18.2 Å². The van der Waals surface area contributed by atoms with Gasteiger partial charge in [0.15, 0.2) is 5.12 Å². The molecule has 1 rings (SSSR count). The van der Waals surface area contributed by atoms with Gasteiger partial charge >= 0.3 is 0 Å². The summed E-state index contributed by atoms with van der Waals surface area (Å²) >= 11 is 6.79. The van der Waals surface area contributed by atoms with Gasteiger partial charge in [0.05, 0.1) is 10.8 Å². The maximum atomic E-state index is 10.6. The van der Waals surface area contributed by atoms with E-state index < -0.39 is 0 Å². The second-order valence-corrected chi connectivity index (χ2v) is 4.31. The Morgan fingerprint density at radius 3 is 2.93 bits per heavy atom. The van der Waals surface area contributed by atoms with Crippen LogP contribution in [-0.4, -0.2) is 16.0 Å². The number of carbonyl (C=O) groups is 1. The summed E-state index contributed by atoms with van der Waals surface area (Å²) in [7, 11) is 0. The van der Waals surface area contributed by atoms with Crippen LogP contribution in [-0.2, 0) is 4.79 Å². The van der Waals surface area contributed by atoms with E-state index in [2.05, 4.69) is 11.8 Å². The predicted molar refractivity (Wildman–Crippen MR) is 63.1 cm³/mol. The van der Waals surface area contributed by atoms with Crippen molar-refractivity contribution in [3.8, 4) is 17.6 Å². The lowest BCUT2D eigenvalue weighted by atomic mass is 10.2. The van der Waals surface area contributed by atoms with Gasteiger partial charge in [0.2, 0.25) is 0 Å². The molecule has 15 heavy (non-hydrogen) atoms. The number of aromatic hydroxyl groups is 1. The van der Waals surface area contributed by atoms with Crippen molar-refractivity contribution >= 4 is 28.5 Å². The summed E-state index contributed by atoms with van der Waals surface area (Å²) in [6.45, 7) is 1.50. The number of benzene rings is 1. The molecule has 0 unspecified atom stereocenters. The number of halogens is 1. The second kappa shape index (κ2) is 5.69. The number of rotatable bonds is 1. The first kappa shape index (κ1) is 12.0. The molecule has 0 saturated carbocycles. The summed E-state index contributed by atoms with van der Waals surface area (Å²) in [5.41, 5.74) is 0.682. The van der Waals surface area contributed by atoms with E-state index in [4.69, 9.17) is 11.6 Å². The van der Waals surface area contributed by atoms with E-state index in [1.54, 1.807) is 12.1 Å². The molecule has 2 nitrogen and oxygen atoms in total. The average Bonchev–Trinajstić information content (AvgIpc) is 2.18. The van der Waals surface area contributed by atoms with Gasteiger partial charge in [-0.2, -0.15) is 0 Å². The van der Waals surface area contributed by atoms with Crippen molar-refractivity contribution in [2.75, 3.05) is 5.75 Å². The van der Waals surface area contributed by atoms with E-state index in [-0.39, 0.29) is 10.9 Å². The standard InChI is InChI=1S/C11H9ClO2S/c1-8(13)15-6-2-3-9-4-5-10(12)11(14)7-9/h4-5,7,14H,6H2,1H3. The van der Waals surface area contributed by atoms with Gasteiger partial charge in [0.25, 0.3) is 0 Å². The lowest BCUT2D eigenvalue weighted by Gasteiger charge is -1.95. The maximum Gasteiger partial charge on any atom is 0.186 e. The minimum absolute atomic E-state index is 0.0164. The van der Waals surface area contributed by atoms with E-state index in [0.717, 1.165) is 11.8 Å². The highest BCUT2D eigenvalue weighted by molar-refractivity contribution is 8.13. The lowest BCUT2D eigenvalue weighted by Crippen LogP contribution is -1.82. The van der Waals surface area contributed by atoms with Crippen LogP contribution in [0.4, 0.5) is 0 Å². The molecule has 0 atom stereocenters. The molecule has 4 heteroatoms. The van der Waals surface area contributed by atoms with Crippen molar-refractivity contribution < 1.29 is 9.90 Å². The Kier molecular flexibility index (Phi) is 4.54. The van der Waals surface area contributed by atoms with Crippen molar-refractivity contribution in [3.63, 3.8) is 0 Å². The molecular weight excluding hydrogens is 232 g/mol. The van der Waals surface area contributed by atoms with E-state index in [1.807, 2.05) is 0 Å². The van der Waals surface area contributed by atoms with Crippen LogP contribution in [0.1, 0.15) is 12.5 Å². The summed E-state index contributed by atoms with van der Waals surface area (Å²) in [5, 5.41) is 9.63. The smallest absolute Gasteiger partial charge is 0.186 e. The zero-order chi connectivity index (χ0) is 11.3. The van der Waals surface area contributed by atoms with Crippen molar-refractivity contribution in [1.82, 2.24) is 0 Å². The van der Waals surface area contributed by atoms with E-state index >= 15 is 0 Å². The molecule has 78 valence electrons. The number of phenolic OH excluding ortho intramolecular Hbond substituents is 1. The van der Waals surface area contributed by atoms with Crippen LogP contribution in [0.3, 0.4) is 0 Å². The first-order chi connectivity index (χ1) is 7.09. The third-order valence-corrected chi connectivity index (χ3v) is 2.54. The SMILES string of the molecule is CC(=O)SCC#Cc1ccc(Cl)c(O)c1. The van der Waals surface area contributed by atoms with Gasteiger partial charge in [-0.3, -0.25) is 4.79 Å². The zero-order valence-electron chi connectivity index (χ0n) is 8.08. The Balaban J connectivity index is 2.64. The van der Waals surface area contributed by atoms with Gasteiger partial charge in [-0.25, -0.2) is 0 Å². The Morgan fingerprint density at radius 2 is 2.33 bits per heavy atom. The van der Waals surface area contributed by atoms with Crippen molar-refractivity contribution in [3.05, 3.63) is 28.8 Å². The zero-order valence-corrected chi connectivity index (χ0v) is 9.65. The molecule has 1 aromatic rings. The average molecular weight is 241 g/mol. The third-order valence-electron chi connectivity index (χ3n) is 1.53. The summed E-state index contributed by atoms with van der Waals surface area (Å²) in [4.78, 5) is 10.6. The second-order valence-electron chi connectivity index (χ2n) is 2.75. The quantitative estimate of drug-likeness (QED) is 0.767. The minimum atomic E-state index is 0.0164. The number of hydrogen-bond donors (Lipinski definition) is 1. The van der Waals surface area contributed by atoms with Gasteiger partial charge < -0.3 is 5.11 Å². The molecule has 0 fully saturated rings. The molecule has 1 N–H and O–H groups in total. The van der Waals surface area contributed by atoms with Gasteiger partial charge in [-0.15, -0.1) is 0 Å². The Labute approximate surface area is 97.6 Å². The topological polar surface area (TPSA) is 37.3 Å². The molecule has 0 radical (unpaired) electrons. The number of thioether (sulfide) groups is 1. The van der Waals surface area contributed by atoms with E-state index in [0.29, 0.717) is 16.3 Å². The normalized spacial score (nSPS) is 9.20. The monoisotopic (exact) mass is 240 g/mol. The lowest BCUT2D eigenvalue weighted by molar-refractivity contribution is -0.109. The Hall–Kier alpha value is -1.11. The first-order valence-corrected chi connectivity index (χ1v) is 5.56. The largest absolute Gasteiger partial charge is 0.506 e. The van der Waals surface area contributed by atoms with Crippen LogP contribution in [0.2, 0.25) is 5.02 Å². The number of phenols is 1. The molecule has 0 amide bonds. The summed E-state index contributed by atoms with van der Waals surface area (Å²) in [6, 6.07) is 4.79. The maximum absolute atomic E-state index is 10.6. The van der Waals surface area contributed by atoms with Crippen LogP contribution >= 0.6 is 23.4 Å². The summed E-state index contributed by atoms with van der Waals surface area (Å²) in [6.07, 6.45) is 0. The predicted octanol–water partition coefficient (Wildman–Crippen LogP) is 2.68. The highest BCUT2D eigenvalue weighted by Crippen LogP contribution is 2.23. The fourth-order valence-corrected chi connectivity index (χ4v) is 1.33. The Bertz CT molecular complexity index is 432. The Morgan fingerprint density at radius 1 is 1.60 bits per heavy atom. The van der Waals surface area contributed by atoms with Crippen LogP contribution in [0, 0.1) is 11.8 Å². The van der Waals surface area contributed by atoms with Gasteiger partial charge in [0.1, 0.15) is 5.75 Å². The molecule has 0 bridgehead atoms. The van der Waals surface area contributed by atoms with Crippen LogP contribution < -0.4 is 0 Å². The number of hydrogen-bond acceptors (Lipinski definition) is 3. The van der Waals surface area contributed by atoms with Gasteiger partial charge in [-0.1, -0.05) is 35.2 Å². The van der Waals surface area contributed by atoms with Crippen molar-refractivity contribution in [2.24, 2.45) is 0 Å². The molecule has 1 aromatic carbocycles. The highest BCUT2D eigenvalue weighted by Gasteiger charge is 1.97. The molecular formula is C11H9ClO2S. The summed E-state index contributed by atoms with van der Waals surface area (Å²) in [5.74, 6) is 6.12. The third kappa shape index (κ3) is 4.28. The van der Waals surface area contributed by atoms with Crippen molar-refractivity contribution in [1.29, 1.82) is 0 Å². The highest BCUT2D eigenvalue weighted by atomic mass is 35.5. The minimum Gasteiger partial charge on any atom is -0.506 e. The fraction of sp³-hybridized carbons (Fsp3) is 0.182. The molecule has 0 saturated heterocycles. The van der Waals surface area contributed by atoms with Crippen molar-refractivity contribution in [2.45, 2.75) is 6.92 Å². The van der Waals surface area contributed by atoms with Gasteiger partial charge in [0, 0.05) is 12.5 Å². The molecule has 0 spiro atoms. The summed E-state index contributed by atoms with van der Waals surface area (Å²) < 4.78 is 0.